The van der Waals surface area contributed by atoms with Crippen molar-refractivity contribution >= 4 is 25.1 Å². The summed E-state index contributed by atoms with van der Waals surface area (Å²) in [7, 11) is -0.702. The van der Waals surface area contributed by atoms with Gasteiger partial charge in [0.2, 0.25) is 0 Å². The molecule has 8 heteroatoms. The third-order valence-electron chi connectivity index (χ3n) is 7.80. The first-order valence-electron chi connectivity index (χ1n) is 13.2. The van der Waals surface area contributed by atoms with Gasteiger partial charge in [-0.3, -0.25) is 4.79 Å². The summed E-state index contributed by atoms with van der Waals surface area (Å²) in [6.45, 7) is 9.70. The molecule has 1 amide bonds. The van der Waals surface area contributed by atoms with E-state index >= 15 is 0 Å². The molecule has 0 saturated carbocycles. The largest absolute Gasteiger partial charge is 0.492 e. The van der Waals surface area contributed by atoms with Crippen molar-refractivity contribution in [2.24, 2.45) is 0 Å². The SMILES string of the molecule is CC(=O)c1cccc(C=C(CNC(=O)OCC2c3ccccc3-c3ccccc32)B2OC(C)(C)C(C)(C)O2)n1. The topological polar surface area (TPSA) is 86.8 Å². The van der Waals surface area contributed by atoms with Gasteiger partial charge in [-0.15, -0.1) is 0 Å². The Balaban J connectivity index is 1.31. The van der Waals surface area contributed by atoms with Gasteiger partial charge in [-0.2, -0.15) is 0 Å². The lowest BCUT2D eigenvalue weighted by molar-refractivity contribution is 0.00578. The van der Waals surface area contributed by atoms with Crippen molar-refractivity contribution in [2.75, 3.05) is 13.2 Å². The van der Waals surface area contributed by atoms with Crippen LogP contribution in [0.2, 0.25) is 0 Å². The number of ether oxygens (including phenoxy) is 1. The number of Topliss-reactive ketones (excluding diaryl/α,β-unsaturated/α-hetero) is 1. The molecule has 0 atom stereocenters. The van der Waals surface area contributed by atoms with Gasteiger partial charge in [0.1, 0.15) is 12.3 Å². The van der Waals surface area contributed by atoms with Crippen LogP contribution in [0.5, 0.6) is 0 Å². The van der Waals surface area contributed by atoms with E-state index in [-0.39, 0.29) is 24.9 Å². The molecule has 1 N–H and O–H groups in total. The van der Waals surface area contributed by atoms with Crippen molar-refractivity contribution in [1.29, 1.82) is 0 Å². The molecule has 1 aliphatic carbocycles. The van der Waals surface area contributed by atoms with Crippen LogP contribution in [0.1, 0.15) is 67.8 Å². The van der Waals surface area contributed by atoms with Crippen LogP contribution in [0.4, 0.5) is 4.79 Å². The van der Waals surface area contributed by atoms with E-state index in [1.165, 1.54) is 18.1 Å². The fourth-order valence-corrected chi connectivity index (χ4v) is 4.94. The molecule has 1 fully saturated rings. The second kappa shape index (κ2) is 10.4. The van der Waals surface area contributed by atoms with Crippen molar-refractivity contribution in [3.63, 3.8) is 0 Å². The van der Waals surface area contributed by atoms with Gasteiger partial charge in [-0.05, 0) is 73.6 Å². The summed E-state index contributed by atoms with van der Waals surface area (Å²) >= 11 is 0. The number of carbonyl (C=O) groups is 2. The zero-order valence-electron chi connectivity index (χ0n) is 23.0. The molecule has 3 aromatic rings. The number of nitrogens with zero attached hydrogens (tertiary/aromatic N) is 1. The van der Waals surface area contributed by atoms with E-state index in [4.69, 9.17) is 14.0 Å². The minimum absolute atomic E-state index is 0.0280. The Kier molecular flexibility index (Phi) is 7.18. The van der Waals surface area contributed by atoms with Gasteiger partial charge in [-0.1, -0.05) is 54.6 Å². The molecular formula is C31H33BN2O5. The fourth-order valence-electron chi connectivity index (χ4n) is 4.94. The second-order valence-corrected chi connectivity index (χ2v) is 11.0. The van der Waals surface area contributed by atoms with Gasteiger partial charge >= 0.3 is 13.2 Å². The number of ketones is 1. The van der Waals surface area contributed by atoms with Gasteiger partial charge < -0.3 is 19.4 Å². The Bertz CT molecular complexity index is 1390. The van der Waals surface area contributed by atoms with Crippen molar-refractivity contribution in [3.8, 4) is 11.1 Å². The van der Waals surface area contributed by atoms with E-state index in [9.17, 15) is 9.59 Å². The normalized spacial score (nSPS) is 17.5. The molecule has 2 aromatic carbocycles. The lowest BCUT2D eigenvalue weighted by Crippen LogP contribution is -2.41. The first-order chi connectivity index (χ1) is 18.6. The Labute approximate surface area is 229 Å². The number of nitrogens with one attached hydrogen (secondary N) is 1. The molecule has 39 heavy (non-hydrogen) atoms. The molecular weight excluding hydrogens is 491 g/mol. The number of amides is 1. The number of aromatic nitrogens is 1. The van der Waals surface area contributed by atoms with Crippen molar-refractivity contribution in [3.05, 3.63) is 94.7 Å². The highest BCUT2D eigenvalue weighted by Crippen LogP contribution is 2.44. The number of benzene rings is 2. The van der Waals surface area contributed by atoms with Crippen LogP contribution in [0, 0.1) is 0 Å². The summed E-state index contributed by atoms with van der Waals surface area (Å²) < 4.78 is 18.2. The van der Waals surface area contributed by atoms with Crippen molar-refractivity contribution in [1.82, 2.24) is 10.3 Å². The number of fused-ring (bicyclic) bond motifs is 3. The predicted octanol–water partition coefficient (Wildman–Crippen LogP) is 5.84. The average molecular weight is 524 g/mol. The summed E-state index contributed by atoms with van der Waals surface area (Å²) in [6, 6.07) is 21.7. The van der Waals surface area contributed by atoms with E-state index in [1.54, 1.807) is 24.3 Å². The summed E-state index contributed by atoms with van der Waals surface area (Å²) in [5.41, 5.74) is 5.13. The number of hydrogen-bond donors (Lipinski definition) is 1. The minimum atomic E-state index is -0.702. The molecule has 1 aromatic heterocycles. The minimum Gasteiger partial charge on any atom is -0.449 e. The Morgan fingerprint density at radius 1 is 0.923 bits per heavy atom. The highest BCUT2D eigenvalue weighted by molar-refractivity contribution is 6.56. The smallest absolute Gasteiger partial charge is 0.449 e. The van der Waals surface area contributed by atoms with Crippen molar-refractivity contribution in [2.45, 2.75) is 51.7 Å². The Hall–Kier alpha value is -3.75. The molecule has 1 aliphatic heterocycles. The van der Waals surface area contributed by atoms with Crippen LogP contribution in [0.15, 0.2) is 72.2 Å². The summed E-state index contributed by atoms with van der Waals surface area (Å²) in [5.74, 6) is -0.154. The number of carbonyl (C=O) groups excluding carboxylic acids is 2. The van der Waals surface area contributed by atoms with Gasteiger partial charge in [0.15, 0.2) is 5.78 Å². The first kappa shape index (κ1) is 26.8. The third-order valence-corrected chi connectivity index (χ3v) is 7.80. The number of hydrogen-bond acceptors (Lipinski definition) is 6. The van der Waals surface area contributed by atoms with E-state index in [1.807, 2.05) is 52.0 Å². The lowest BCUT2D eigenvalue weighted by atomic mass is 9.77. The highest BCUT2D eigenvalue weighted by Gasteiger charge is 2.52. The number of alkyl carbamates (subject to hydrolysis) is 1. The standard InChI is InChI=1S/C31H33BN2O5/c1-20(35)28-16-10-11-22(34-28)17-21(32-38-30(2,3)31(4,5)39-32)18-33-29(36)37-19-27-25-14-8-6-12-23(25)24-13-7-9-15-26(24)27/h6-17,27H,18-19H2,1-5H3,(H,33,36). The molecule has 2 heterocycles. The van der Waals surface area contributed by atoms with E-state index in [0.717, 1.165) is 11.1 Å². The monoisotopic (exact) mass is 524 g/mol. The van der Waals surface area contributed by atoms with E-state index in [2.05, 4.69) is 34.6 Å². The van der Waals surface area contributed by atoms with Crippen LogP contribution >= 0.6 is 0 Å². The molecule has 1 saturated heterocycles. The quantitative estimate of drug-likeness (QED) is 0.309. The van der Waals surface area contributed by atoms with Crippen LogP contribution in [-0.4, -0.2) is 48.3 Å². The third kappa shape index (κ3) is 5.40. The van der Waals surface area contributed by atoms with Crippen molar-refractivity contribution < 1.29 is 23.6 Å². The van der Waals surface area contributed by atoms with Gasteiger partial charge in [0, 0.05) is 19.4 Å². The average Bonchev–Trinajstić information content (AvgIpc) is 3.34. The molecule has 7 nitrogen and oxygen atoms in total. The summed E-state index contributed by atoms with van der Waals surface area (Å²) in [6.07, 6.45) is 1.25. The Morgan fingerprint density at radius 2 is 1.51 bits per heavy atom. The first-order valence-corrected chi connectivity index (χ1v) is 13.2. The van der Waals surface area contributed by atoms with Crippen LogP contribution in [-0.2, 0) is 14.0 Å². The molecule has 2 aliphatic rings. The van der Waals surface area contributed by atoms with Gasteiger partial charge in [0.05, 0.1) is 16.9 Å². The predicted molar refractivity (Wildman–Crippen MR) is 151 cm³/mol. The summed E-state index contributed by atoms with van der Waals surface area (Å²) in [4.78, 5) is 29.2. The van der Waals surface area contributed by atoms with Gasteiger partial charge in [0.25, 0.3) is 0 Å². The lowest BCUT2D eigenvalue weighted by Gasteiger charge is -2.32. The fraction of sp³-hybridized carbons (Fsp3) is 0.323. The molecule has 0 unspecified atom stereocenters. The summed E-state index contributed by atoms with van der Waals surface area (Å²) in [5, 5.41) is 2.86. The van der Waals surface area contributed by atoms with Crippen LogP contribution in [0.25, 0.3) is 17.2 Å². The van der Waals surface area contributed by atoms with Crippen LogP contribution in [0.3, 0.4) is 0 Å². The zero-order chi connectivity index (χ0) is 27.8. The van der Waals surface area contributed by atoms with E-state index < -0.39 is 24.4 Å². The second-order valence-electron chi connectivity index (χ2n) is 11.0. The number of pyridine rings is 1. The maximum absolute atomic E-state index is 12.9. The molecule has 5 rings (SSSR count). The maximum Gasteiger partial charge on any atom is 0.492 e. The Morgan fingerprint density at radius 3 is 2.10 bits per heavy atom. The molecule has 200 valence electrons. The van der Waals surface area contributed by atoms with E-state index in [0.29, 0.717) is 16.9 Å². The zero-order valence-corrected chi connectivity index (χ0v) is 23.0. The molecule has 0 spiro atoms. The molecule has 0 radical (unpaired) electrons. The number of rotatable bonds is 7. The highest BCUT2D eigenvalue weighted by atomic mass is 16.7. The van der Waals surface area contributed by atoms with Gasteiger partial charge in [-0.25, -0.2) is 9.78 Å². The maximum atomic E-state index is 12.9. The molecule has 0 bridgehead atoms. The van der Waals surface area contributed by atoms with Crippen LogP contribution < -0.4 is 5.32 Å².